The average molecular weight is 667 g/mol. The maximum Gasteiger partial charge on any atom is 0.410 e. The van der Waals surface area contributed by atoms with Crippen molar-refractivity contribution >= 4 is 24.1 Å². The zero-order chi connectivity index (χ0) is 35.5. The van der Waals surface area contributed by atoms with Gasteiger partial charge in [-0.2, -0.15) is 0 Å². The van der Waals surface area contributed by atoms with E-state index in [4.69, 9.17) is 18.9 Å². The maximum absolute atomic E-state index is 12.3. The molecule has 0 bridgehead atoms. The van der Waals surface area contributed by atoms with E-state index in [1.54, 1.807) is 9.80 Å². The number of hydrogen-bond donors (Lipinski definition) is 0. The molecule has 0 unspecified atom stereocenters. The van der Waals surface area contributed by atoms with Gasteiger partial charge in [0.15, 0.2) is 0 Å². The molecule has 0 spiro atoms. The summed E-state index contributed by atoms with van der Waals surface area (Å²) in [6.45, 7) is 17.7. The molecule has 2 saturated heterocycles. The largest absolute Gasteiger partial charge is 0.460 e. The molecule has 48 heavy (non-hydrogen) atoms. The van der Waals surface area contributed by atoms with E-state index < -0.39 is 11.2 Å². The fraction of sp³-hybridized carbons (Fsp3) is 0.579. The van der Waals surface area contributed by atoms with E-state index in [2.05, 4.69) is 0 Å². The van der Waals surface area contributed by atoms with Gasteiger partial charge in [-0.3, -0.25) is 9.59 Å². The molecular weight excluding hydrogens is 612 g/mol. The quantitative estimate of drug-likeness (QED) is 0.234. The number of esters is 2. The van der Waals surface area contributed by atoms with Crippen LogP contribution < -0.4 is 0 Å². The van der Waals surface area contributed by atoms with Crippen molar-refractivity contribution in [2.45, 2.75) is 92.6 Å². The lowest BCUT2D eigenvalue weighted by Crippen LogP contribution is -2.46. The molecule has 2 amide bonds. The van der Waals surface area contributed by atoms with E-state index in [1.807, 2.05) is 116 Å². The normalized spacial score (nSPS) is 21.2. The van der Waals surface area contributed by atoms with Crippen molar-refractivity contribution < 1.29 is 38.1 Å². The second-order valence-electron chi connectivity index (χ2n) is 14.8. The Labute approximate surface area is 286 Å². The van der Waals surface area contributed by atoms with Crippen LogP contribution in [0.25, 0.3) is 0 Å². The number of nitrogens with zero attached hydrogens (tertiary/aromatic N) is 2. The van der Waals surface area contributed by atoms with Gasteiger partial charge in [-0.25, -0.2) is 9.59 Å². The molecule has 2 heterocycles. The Morgan fingerprint density at radius 3 is 1.23 bits per heavy atom. The minimum absolute atomic E-state index is 0.0536. The minimum atomic E-state index is -0.484. The van der Waals surface area contributed by atoms with Crippen LogP contribution in [0.1, 0.15) is 79.4 Å². The Kier molecular flexibility index (Phi) is 13.9. The van der Waals surface area contributed by atoms with Gasteiger partial charge in [-0.05, 0) is 77.3 Å². The van der Waals surface area contributed by atoms with Crippen molar-refractivity contribution in [1.29, 1.82) is 0 Å². The van der Waals surface area contributed by atoms with E-state index in [1.165, 1.54) is 0 Å². The van der Waals surface area contributed by atoms with E-state index in [0.717, 1.165) is 11.1 Å². The topological polar surface area (TPSA) is 112 Å². The highest BCUT2D eigenvalue weighted by atomic mass is 16.6. The van der Waals surface area contributed by atoms with Gasteiger partial charge in [0.25, 0.3) is 0 Å². The fourth-order valence-electron chi connectivity index (χ4n) is 5.70. The summed E-state index contributed by atoms with van der Waals surface area (Å²) in [4.78, 5) is 52.3. The molecule has 10 heteroatoms. The molecule has 264 valence electrons. The molecule has 0 aliphatic carbocycles. The van der Waals surface area contributed by atoms with Gasteiger partial charge >= 0.3 is 24.1 Å². The highest BCUT2D eigenvalue weighted by molar-refractivity contribution is 5.75. The van der Waals surface area contributed by atoms with E-state index in [-0.39, 0.29) is 61.0 Å². The first kappa shape index (κ1) is 38.4. The molecular formula is C38H54N2O8. The lowest BCUT2D eigenvalue weighted by molar-refractivity contribution is -0.164. The monoisotopic (exact) mass is 666 g/mol. The molecule has 2 aliphatic rings. The van der Waals surface area contributed by atoms with Crippen LogP contribution in [0.15, 0.2) is 60.7 Å². The van der Waals surface area contributed by atoms with Crippen molar-refractivity contribution in [2.24, 2.45) is 23.7 Å². The molecule has 4 atom stereocenters. The van der Waals surface area contributed by atoms with Crippen LogP contribution in [0.3, 0.4) is 0 Å². The number of carbonyl (C=O) groups is 4. The SMILES string of the molecule is C[C@@H]1CN(C(=O)OCc2ccccc2)CC[C@@H]1C(=O)OC(C)(C)C.C[C@H]1CN(C(=O)OCc2ccccc2)CC[C@H]1C(=O)OC(C)(C)C. The van der Waals surface area contributed by atoms with E-state index in [0.29, 0.717) is 39.0 Å². The Morgan fingerprint density at radius 1 is 0.604 bits per heavy atom. The third-order valence-corrected chi connectivity index (χ3v) is 8.16. The summed E-state index contributed by atoms with van der Waals surface area (Å²) < 4.78 is 21.7. The number of hydrogen-bond acceptors (Lipinski definition) is 8. The van der Waals surface area contributed by atoms with Crippen molar-refractivity contribution in [3.05, 3.63) is 71.8 Å². The number of likely N-dealkylation sites (tertiary alicyclic amines) is 2. The molecule has 4 rings (SSSR count). The molecule has 2 aromatic carbocycles. The molecule has 0 saturated carbocycles. The van der Waals surface area contributed by atoms with Crippen LogP contribution in [-0.2, 0) is 41.8 Å². The van der Waals surface area contributed by atoms with Crippen molar-refractivity contribution in [2.75, 3.05) is 26.2 Å². The first-order valence-electron chi connectivity index (χ1n) is 16.9. The molecule has 0 aromatic heterocycles. The van der Waals surface area contributed by atoms with E-state index in [9.17, 15) is 19.2 Å². The Balaban J connectivity index is 0.000000260. The standard InChI is InChI=1S/2C19H27NO4/c2*1-14-12-20(11-10-16(14)17(21)24-19(2,3)4)18(22)23-13-15-8-6-5-7-9-15/h2*5-9,14,16H,10-13H2,1-4H3/t2*14-,16+/m10/s1. The van der Waals surface area contributed by atoms with Gasteiger partial charge in [0.1, 0.15) is 24.4 Å². The van der Waals surface area contributed by atoms with Crippen LogP contribution in [0.4, 0.5) is 9.59 Å². The average Bonchev–Trinajstić information content (AvgIpc) is 3.02. The van der Waals surface area contributed by atoms with Gasteiger partial charge in [0.2, 0.25) is 0 Å². The Morgan fingerprint density at radius 2 is 0.938 bits per heavy atom. The molecule has 2 aliphatic heterocycles. The summed E-state index contributed by atoms with van der Waals surface area (Å²) in [7, 11) is 0. The number of piperidine rings is 2. The van der Waals surface area contributed by atoms with E-state index >= 15 is 0 Å². The Bertz CT molecular complexity index is 1230. The maximum atomic E-state index is 12.3. The zero-order valence-electron chi connectivity index (χ0n) is 29.9. The zero-order valence-corrected chi connectivity index (χ0v) is 29.9. The van der Waals surface area contributed by atoms with Crippen LogP contribution in [0.5, 0.6) is 0 Å². The predicted octanol–water partition coefficient (Wildman–Crippen LogP) is 7.25. The van der Waals surface area contributed by atoms with Gasteiger partial charge < -0.3 is 28.7 Å². The summed E-state index contributed by atoms with van der Waals surface area (Å²) >= 11 is 0. The van der Waals surface area contributed by atoms with Gasteiger partial charge in [0, 0.05) is 26.2 Å². The van der Waals surface area contributed by atoms with Crippen LogP contribution >= 0.6 is 0 Å². The number of amides is 2. The lowest BCUT2D eigenvalue weighted by Gasteiger charge is -2.36. The minimum Gasteiger partial charge on any atom is -0.460 e. The second kappa shape index (κ2) is 17.4. The fourth-order valence-corrected chi connectivity index (χ4v) is 5.70. The molecule has 2 aromatic rings. The first-order valence-corrected chi connectivity index (χ1v) is 16.9. The summed E-state index contributed by atoms with van der Waals surface area (Å²) in [6.07, 6.45) is 0.564. The molecule has 0 radical (unpaired) electrons. The molecule has 10 nitrogen and oxygen atoms in total. The Hall–Kier alpha value is -4.08. The highest BCUT2D eigenvalue weighted by Crippen LogP contribution is 2.28. The van der Waals surface area contributed by atoms with Crippen molar-refractivity contribution in [3.63, 3.8) is 0 Å². The number of rotatable bonds is 6. The summed E-state index contributed by atoms with van der Waals surface area (Å²) in [5.41, 5.74) is 0.954. The van der Waals surface area contributed by atoms with Gasteiger partial charge in [-0.1, -0.05) is 74.5 Å². The van der Waals surface area contributed by atoms with Crippen LogP contribution in [0, 0.1) is 23.7 Å². The smallest absolute Gasteiger partial charge is 0.410 e. The van der Waals surface area contributed by atoms with Gasteiger partial charge in [-0.15, -0.1) is 0 Å². The third kappa shape index (κ3) is 12.8. The summed E-state index contributed by atoms with van der Waals surface area (Å²) in [6, 6.07) is 19.2. The number of ether oxygens (including phenoxy) is 4. The molecule has 0 N–H and O–H groups in total. The van der Waals surface area contributed by atoms with Crippen molar-refractivity contribution in [1.82, 2.24) is 9.80 Å². The number of benzene rings is 2. The highest BCUT2D eigenvalue weighted by Gasteiger charge is 2.37. The molecule has 2 fully saturated rings. The second-order valence-corrected chi connectivity index (χ2v) is 14.8. The van der Waals surface area contributed by atoms with Crippen molar-refractivity contribution in [3.8, 4) is 0 Å². The number of carbonyl (C=O) groups excluding carboxylic acids is 4. The summed E-state index contributed by atoms with van der Waals surface area (Å²) in [5.74, 6) is -0.569. The van der Waals surface area contributed by atoms with Crippen LogP contribution in [0.2, 0.25) is 0 Å². The summed E-state index contributed by atoms with van der Waals surface area (Å²) in [5, 5.41) is 0. The lowest BCUT2D eigenvalue weighted by atomic mass is 9.87. The van der Waals surface area contributed by atoms with Crippen LogP contribution in [-0.4, -0.2) is 71.3 Å². The first-order chi connectivity index (χ1) is 22.5. The third-order valence-electron chi connectivity index (χ3n) is 8.16. The van der Waals surface area contributed by atoms with Gasteiger partial charge in [0.05, 0.1) is 11.8 Å². The predicted molar refractivity (Wildman–Crippen MR) is 183 cm³/mol.